The molecule has 9 unspecified atom stereocenters. The lowest BCUT2D eigenvalue weighted by molar-refractivity contribution is -0.157. The summed E-state index contributed by atoms with van der Waals surface area (Å²) >= 11 is 3.21. The minimum atomic E-state index is -1.87. The number of thiazole rings is 1. The Labute approximate surface area is 714 Å². The van der Waals surface area contributed by atoms with Crippen molar-refractivity contribution in [1.29, 1.82) is 0 Å². The van der Waals surface area contributed by atoms with Gasteiger partial charge in [0.25, 0.3) is 5.91 Å². The van der Waals surface area contributed by atoms with Gasteiger partial charge in [0, 0.05) is 138 Å². The maximum Gasteiger partial charge on any atom is 0.314 e. The number of benzene rings is 1. The van der Waals surface area contributed by atoms with Crippen molar-refractivity contribution in [1.82, 2.24) is 40.5 Å². The maximum atomic E-state index is 14.8. The summed E-state index contributed by atoms with van der Waals surface area (Å²) in [4.78, 5) is 260. The van der Waals surface area contributed by atoms with Crippen molar-refractivity contribution in [2.75, 3.05) is 64.5 Å². The number of hydrogen-bond acceptors (Lipinski definition) is 28. The molecule has 4 aliphatic heterocycles. The Hall–Kier alpha value is -8.55. The number of hydrogen-bond donors (Lipinski definition) is 6. The van der Waals surface area contributed by atoms with E-state index in [1.54, 1.807) is 51.7 Å². The van der Waals surface area contributed by atoms with Gasteiger partial charge in [-0.25, -0.2) is 4.98 Å². The number of aromatic nitrogens is 1. The molecule has 4 aliphatic rings. The van der Waals surface area contributed by atoms with Crippen molar-refractivity contribution in [3.63, 3.8) is 0 Å². The lowest BCUT2D eigenvalue weighted by Crippen LogP contribution is -2.62. The molecule has 2 aromatic rings. The third kappa shape index (κ3) is 28.5. The van der Waals surface area contributed by atoms with Crippen molar-refractivity contribution in [2.24, 2.45) is 47.2 Å². The highest BCUT2D eigenvalue weighted by Crippen LogP contribution is 2.40. The molecule has 664 valence electrons. The van der Waals surface area contributed by atoms with Crippen LogP contribution in [-0.4, -0.2) is 247 Å². The number of likely N-dealkylation sites (N-methyl/N-ethyl adjacent to an activating group) is 1. The van der Waals surface area contributed by atoms with Crippen LogP contribution in [0.3, 0.4) is 0 Å². The summed E-state index contributed by atoms with van der Waals surface area (Å²) in [6.07, 6.45) is -2.77. The van der Waals surface area contributed by atoms with Gasteiger partial charge < -0.3 is 56.0 Å². The number of esters is 2. The molecule has 7 N–H and O–H groups in total. The van der Waals surface area contributed by atoms with Gasteiger partial charge >= 0.3 is 17.9 Å². The van der Waals surface area contributed by atoms with Crippen LogP contribution in [0.25, 0.3) is 0 Å². The van der Waals surface area contributed by atoms with Crippen LogP contribution in [0.15, 0.2) is 23.6 Å². The number of nitrogens with two attached hydrogens (primary N) is 1. The van der Waals surface area contributed by atoms with Crippen LogP contribution in [0.5, 0.6) is 5.75 Å². The van der Waals surface area contributed by atoms with Gasteiger partial charge in [-0.1, -0.05) is 67.4 Å². The Morgan fingerprint density at radius 2 is 1.27 bits per heavy atom. The van der Waals surface area contributed by atoms with Crippen molar-refractivity contribution >= 4 is 146 Å². The summed E-state index contributed by atoms with van der Waals surface area (Å²) in [5.41, 5.74) is 4.96. The number of rotatable bonds is 27. The van der Waals surface area contributed by atoms with Gasteiger partial charge in [-0.2, -0.15) is 0 Å². The van der Waals surface area contributed by atoms with E-state index in [0.29, 0.717) is 41.2 Å². The lowest BCUT2D eigenvalue weighted by Gasteiger charge is -2.38. The van der Waals surface area contributed by atoms with Gasteiger partial charge in [0.2, 0.25) is 47.3 Å². The Morgan fingerprint density at radius 3 is 1.78 bits per heavy atom. The van der Waals surface area contributed by atoms with Crippen molar-refractivity contribution in [3.05, 3.63) is 39.8 Å². The predicted octanol–water partition coefficient (Wildman–Crippen LogP) is 6.74. The van der Waals surface area contributed by atoms with E-state index in [-0.39, 0.29) is 154 Å². The topological polar surface area (TPSA) is 464 Å². The molecule has 5 heterocycles. The summed E-state index contributed by atoms with van der Waals surface area (Å²) < 4.78 is 23.2. The zero-order valence-electron chi connectivity index (χ0n) is 71.7. The number of ketones is 6. The minimum absolute atomic E-state index is 0.00899. The fourth-order valence-electron chi connectivity index (χ4n) is 14.6. The van der Waals surface area contributed by atoms with Gasteiger partial charge in [-0.15, -0.1) is 34.9 Å². The van der Waals surface area contributed by atoms with Crippen molar-refractivity contribution < 1.29 is 110 Å². The molecule has 0 radical (unpaired) electrons. The van der Waals surface area contributed by atoms with Gasteiger partial charge in [0.1, 0.15) is 28.6 Å². The zero-order chi connectivity index (χ0) is 89.3. The molecule has 9 amide bonds. The maximum absolute atomic E-state index is 14.8. The number of Topliss-reactive ketones (excluding diaryl/α,β-unsaturated/α-hetero) is 6. The van der Waals surface area contributed by atoms with E-state index < -0.39 is 208 Å². The fraction of sp³-hybridized carbons (Fsp3) is 0.679. The largest absolute Gasteiger partial charge is 0.481 e. The Kier molecular flexibility index (Phi) is 39.4. The average Bonchev–Trinajstić information content (AvgIpc) is 1.60. The lowest BCUT2D eigenvalue weighted by atomic mass is 9.81. The Morgan fingerprint density at radius 1 is 0.725 bits per heavy atom. The zero-order valence-corrected chi connectivity index (χ0v) is 74.1. The quantitative estimate of drug-likeness (QED) is 0.0233. The molecule has 4 bridgehead atoms. The molecule has 1 aromatic carbocycles. The van der Waals surface area contributed by atoms with E-state index in [9.17, 15) is 91.4 Å². The third-order valence-electron chi connectivity index (χ3n) is 22.9. The third-order valence-corrected chi connectivity index (χ3v) is 26.4. The first kappa shape index (κ1) is 100. The Balaban J connectivity index is 1.28. The van der Waals surface area contributed by atoms with Gasteiger partial charge in [-0.3, -0.25) is 101 Å². The van der Waals surface area contributed by atoms with Gasteiger partial charge in [0.05, 0.1) is 58.9 Å². The van der Waals surface area contributed by atoms with Crippen LogP contribution in [0.1, 0.15) is 226 Å². The van der Waals surface area contributed by atoms with E-state index in [1.165, 1.54) is 58.2 Å². The minimum Gasteiger partial charge on any atom is -0.481 e. The number of fused-ring (bicyclic) bond motifs is 8. The first-order chi connectivity index (χ1) is 56.5. The summed E-state index contributed by atoms with van der Waals surface area (Å²) in [5.74, 6) is -17.7. The van der Waals surface area contributed by atoms with Crippen molar-refractivity contribution in [3.8, 4) is 5.75 Å². The second-order valence-corrected chi connectivity index (χ2v) is 36.6. The van der Waals surface area contributed by atoms with Crippen LogP contribution in [0, 0.1) is 41.4 Å². The molecule has 36 heteroatoms. The number of carbonyl (C=O) groups is 18. The highest BCUT2D eigenvalue weighted by molar-refractivity contribution is 8.17. The second kappa shape index (κ2) is 47.2. The molecular weight excluding hydrogens is 1610 g/mol. The van der Waals surface area contributed by atoms with Gasteiger partial charge in [-0.05, 0) is 116 Å². The number of nitrogens with zero attached hydrogens (tertiary/aromatic N) is 5. The number of unbranched alkanes of at least 4 members (excludes halogenated alkanes) is 1. The monoisotopic (exact) mass is 1730 g/mol. The van der Waals surface area contributed by atoms with Crippen molar-refractivity contribution in [2.45, 2.75) is 263 Å². The number of anilines is 1. The van der Waals surface area contributed by atoms with E-state index in [2.05, 4.69) is 21.3 Å². The molecule has 33 nitrogen and oxygen atoms in total. The number of carboxylic acid groups (broad SMARTS) is 1. The van der Waals surface area contributed by atoms with Crippen LogP contribution in [-0.2, 0) is 102 Å². The highest BCUT2D eigenvalue weighted by Gasteiger charge is 2.56. The first-order valence-corrected chi connectivity index (χ1v) is 44.3. The number of ether oxygens (including phenoxy) is 4. The number of carboxylic acids is 1. The first-order valence-electron chi connectivity index (χ1n) is 41.3. The van der Waals surface area contributed by atoms with E-state index >= 15 is 0 Å². The molecule has 3 saturated heterocycles. The predicted molar refractivity (Wildman–Crippen MR) is 446 cm³/mol. The summed E-state index contributed by atoms with van der Waals surface area (Å²) in [5, 5.41) is 21.1. The summed E-state index contributed by atoms with van der Waals surface area (Å²) in [6, 6.07) is -3.31. The number of amides is 9. The Bertz CT molecular complexity index is 4080. The summed E-state index contributed by atoms with van der Waals surface area (Å²) in [7, 11) is 5.26. The number of imide groups is 2. The molecule has 120 heavy (non-hydrogen) atoms. The normalized spacial score (nSPS) is 23.8. The van der Waals surface area contributed by atoms with Crippen LogP contribution < -0.4 is 31.7 Å². The molecule has 15 atom stereocenters. The molecule has 6 rings (SSSR count). The number of carbonyl (C=O) groups excluding carboxylic acids is 17. The standard InChI is InChI=1S/C84H122N10O23S3/c1-16-46(4)56(39-69(101)84(11,12)91(13)14)79(108)92(15)59(45(2)3)40-66(116-52(10)95)78-90-58(43-118-78)77(107)88-55(33-47(5)62(98)38-54(82(111)112)21-17-18-28-85)36-53-24-25-65-57(37-53)89-76(106)48(6)34-63(99)50(8)86-70(102)26-31-114-29-19-22-60(96)74-75(94-73(105)42-68(81(94)110)120-44-119-67-41-72(104)93(74)80(67)109)61(97)23-20-30-115-32-27-71(103)87-51(9)64(100)35-49(7)83(113)117-65/h24-25,37,43,45-51,54-56,59,66-68,74-75H,16-23,26-36,38-42,44,85H2,1-15H3,(H,86,102)(H,87,103)(H,88,107)(H,89,106)(H,111,112)/t46-,47?,48?,49?,50?,51?,54+,55+,56-,59+,66+,67?,68?,74?,75?/m0/s1. The van der Waals surface area contributed by atoms with Crippen LogP contribution >= 0.6 is 34.9 Å². The SMILES string of the molecule is CC[C@H](C)[C@H](CC(=O)C(C)(C)N(C)C)C(=O)N(C)[C@H](C[C@@H](OC(C)=O)c1nc(C(=O)N[C@@H](Cc2ccc3c(c2)NC(=O)C(C)CC(=O)C(C)NC(=O)CCOCCCC(=O)C2C(C(=O)CCCOCCC(=O)NC(C)C(=O)CC(C)C(=O)O3)N3C(=O)CC(SCSC4CC(=O)N2C4=O)C3=O)CC(C)C(=O)C[C@@H](CCCCN)C(=O)O)cs1)C(C)C. The highest BCUT2D eigenvalue weighted by atomic mass is 32.2. The molecule has 0 spiro atoms. The van der Waals surface area contributed by atoms with E-state index in [1.807, 2.05) is 27.7 Å². The average molecular weight is 1740 g/mol. The molecule has 3 fully saturated rings. The number of nitrogens with one attached hydrogen (secondary N) is 4. The fourth-order valence-corrected chi connectivity index (χ4v) is 18.1. The van der Waals surface area contributed by atoms with Crippen LogP contribution in [0.4, 0.5) is 5.69 Å². The molecule has 0 aliphatic carbocycles. The second-order valence-electron chi connectivity index (χ2n) is 33.0. The smallest absolute Gasteiger partial charge is 0.314 e. The molecule has 1 aromatic heterocycles. The molecular formula is C84H122N10O23S3. The van der Waals surface area contributed by atoms with E-state index in [0.717, 1.165) is 34.9 Å². The van der Waals surface area contributed by atoms with E-state index in [4.69, 9.17) is 29.7 Å². The summed E-state index contributed by atoms with van der Waals surface area (Å²) in [6.45, 7) is 19.3. The van der Waals surface area contributed by atoms with Crippen LogP contribution in [0.2, 0.25) is 0 Å². The number of thioether (sulfide) groups is 2. The molecule has 0 saturated carbocycles. The number of aliphatic carboxylic acids is 1. The van der Waals surface area contributed by atoms with Gasteiger partial charge in [0.15, 0.2) is 40.8 Å².